The Morgan fingerprint density at radius 3 is 2.21 bits per heavy atom. The Labute approximate surface area is 208 Å². The average molecular weight is 508 g/mol. The first kappa shape index (κ1) is 27.7. The van der Waals surface area contributed by atoms with Crippen LogP contribution in [0.5, 0.6) is 0 Å². The van der Waals surface area contributed by atoms with Crippen molar-refractivity contribution >= 4 is 39.1 Å². The summed E-state index contributed by atoms with van der Waals surface area (Å²) in [6.45, 7) is 7.96. The monoisotopic (exact) mass is 507 g/mol. The molecule has 0 aliphatic rings. The van der Waals surface area contributed by atoms with Crippen molar-refractivity contribution in [1.82, 2.24) is 10.2 Å². The van der Waals surface area contributed by atoms with Gasteiger partial charge in [-0.2, -0.15) is 0 Å². The lowest BCUT2D eigenvalue weighted by Gasteiger charge is -2.33. The molecule has 2 amide bonds. The standard InChI is InChI=1S/C25H34ClN3O4S/c1-6-22(25(31)27-15-18(2)3)28(16-20-13-11-19(4)12-14-20)24(30)17-29(34(5,32)33)23-10-8-7-9-21(23)26/h7-14,18,22H,6,15-17H2,1-5H3,(H,27,31)/t22-/m1/s1. The fourth-order valence-electron chi connectivity index (χ4n) is 3.48. The summed E-state index contributed by atoms with van der Waals surface area (Å²) in [7, 11) is -3.82. The van der Waals surface area contributed by atoms with Crippen molar-refractivity contribution in [2.75, 3.05) is 23.7 Å². The molecule has 0 bridgehead atoms. The van der Waals surface area contributed by atoms with E-state index in [1.807, 2.05) is 52.0 Å². The summed E-state index contributed by atoms with van der Waals surface area (Å²) in [5.74, 6) is -0.499. The van der Waals surface area contributed by atoms with Crippen LogP contribution in [-0.2, 0) is 26.2 Å². The van der Waals surface area contributed by atoms with Gasteiger partial charge in [-0.15, -0.1) is 0 Å². The van der Waals surface area contributed by atoms with Crippen LogP contribution >= 0.6 is 11.6 Å². The fraction of sp³-hybridized carbons (Fsp3) is 0.440. The number of aryl methyl sites for hydroxylation is 1. The van der Waals surface area contributed by atoms with E-state index < -0.39 is 28.5 Å². The molecule has 2 aromatic rings. The summed E-state index contributed by atoms with van der Waals surface area (Å²) in [6, 6.07) is 13.4. The van der Waals surface area contributed by atoms with Gasteiger partial charge in [0.15, 0.2) is 0 Å². The number of sulfonamides is 1. The van der Waals surface area contributed by atoms with Gasteiger partial charge in [0.1, 0.15) is 12.6 Å². The number of rotatable bonds is 11. The maximum Gasteiger partial charge on any atom is 0.244 e. The third kappa shape index (κ3) is 7.74. The van der Waals surface area contributed by atoms with Gasteiger partial charge in [-0.3, -0.25) is 13.9 Å². The fourth-order valence-corrected chi connectivity index (χ4v) is 4.63. The van der Waals surface area contributed by atoms with Crippen molar-refractivity contribution in [3.8, 4) is 0 Å². The number of hydrogen-bond acceptors (Lipinski definition) is 4. The molecule has 0 heterocycles. The predicted molar refractivity (Wildman–Crippen MR) is 137 cm³/mol. The molecule has 0 saturated carbocycles. The van der Waals surface area contributed by atoms with Crippen LogP contribution in [0.25, 0.3) is 0 Å². The van der Waals surface area contributed by atoms with E-state index >= 15 is 0 Å². The first-order valence-electron chi connectivity index (χ1n) is 11.3. The summed E-state index contributed by atoms with van der Waals surface area (Å²) in [5.41, 5.74) is 2.13. The summed E-state index contributed by atoms with van der Waals surface area (Å²) >= 11 is 6.25. The number of nitrogens with one attached hydrogen (secondary N) is 1. The lowest BCUT2D eigenvalue weighted by molar-refractivity contribution is -0.140. The average Bonchev–Trinajstić information content (AvgIpc) is 2.77. The molecule has 0 aromatic heterocycles. The minimum Gasteiger partial charge on any atom is -0.354 e. The lowest BCUT2D eigenvalue weighted by atomic mass is 10.1. The molecule has 0 fully saturated rings. The second kappa shape index (κ2) is 12.2. The van der Waals surface area contributed by atoms with Crippen molar-refractivity contribution in [2.24, 2.45) is 5.92 Å². The van der Waals surface area contributed by atoms with Crippen LogP contribution in [0.4, 0.5) is 5.69 Å². The van der Waals surface area contributed by atoms with Gasteiger partial charge in [-0.05, 0) is 37.0 Å². The molecule has 0 aliphatic heterocycles. The smallest absolute Gasteiger partial charge is 0.244 e. The molecular weight excluding hydrogens is 474 g/mol. The number of amides is 2. The molecule has 2 aromatic carbocycles. The second-order valence-corrected chi connectivity index (χ2v) is 11.1. The topological polar surface area (TPSA) is 86.8 Å². The first-order chi connectivity index (χ1) is 15.9. The highest BCUT2D eigenvalue weighted by Gasteiger charge is 2.32. The van der Waals surface area contributed by atoms with Crippen LogP contribution < -0.4 is 9.62 Å². The van der Waals surface area contributed by atoms with E-state index in [0.717, 1.165) is 21.7 Å². The Kier molecular flexibility index (Phi) is 9.94. The minimum absolute atomic E-state index is 0.173. The molecule has 0 spiro atoms. The van der Waals surface area contributed by atoms with Gasteiger partial charge < -0.3 is 10.2 Å². The second-order valence-electron chi connectivity index (χ2n) is 8.79. The van der Waals surface area contributed by atoms with Gasteiger partial charge in [-0.25, -0.2) is 8.42 Å². The number of nitrogens with zero attached hydrogens (tertiary/aromatic N) is 2. The van der Waals surface area contributed by atoms with E-state index in [4.69, 9.17) is 11.6 Å². The zero-order valence-corrected chi connectivity index (χ0v) is 22.0. The summed E-state index contributed by atoms with van der Waals surface area (Å²) < 4.78 is 26.2. The maximum atomic E-state index is 13.6. The number of carbonyl (C=O) groups is 2. The van der Waals surface area contributed by atoms with E-state index in [1.54, 1.807) is 24.3 Å². The van der Waals surface area contributed by atoms with E-state index in [2.05, 4.69) is 5.32 Å². The van der Waals surface area contributed by atoms with Crippen LogP contribution in [0.1, 0.15) is 38.3 Å². The molecule has 1 N–H and O–H groups in total. The maximum absolute atomic E-state index is 13.6. The summed E-state index contributed by atoms with van der Waals surface area (Å²) in [4.78, 5) is 28.1. The molecule has 0 aliphatic carbocycles. The molecule has 0 radical (unpaired) electrons. The number of carbonyl (C=O) groups excluding carboxylic acids is 2. The zero-order chi connectivity index (χ0) is 25.5. The largest absolute Gasteiger partial charge is 0.354 e. The van der Waals surface area contributed by atoms with Crippen LogP contribution in [0.3, 0.4) is 0 Å². The molecule has 2 rings (SSSR count). The van der Waals surface area contributed by atoms with Crippen molar-refractivity contribution in [2.45, 2.75) is 46.7 Å². The van der Waals surface area contributed by atoms with Crippen LogP contribution in [0.2, 0.25) is 5.02 Å². The molecule has 7 nitrogen and oxygen atoms in total. The Bertz CT molecular complexity index is 1090. The zero-order valence-electron chi connectivity index (χ0n) is 20.4. The van der Waals surface area contributed by atoms with Gasteiger partial charge in [0.25, 0.3) is 0 Å². The molecule has 0 unspecified atom stereocenters. The van der Waals surface area contributed by atoms with Crippen LogP contribution in [-0.4, -0.2) is 50.5 Å². The lowest BCUT2D eigenvalue weighted by Crippen LogP contribution is -2.52. The van der Waals surface area contributed by atoms with Gasteiger partial charge in [-0.1, -0.05) is 74.3 Å². The molecule has 0 saturated heterocycles. The SMILES string of the molecule is CC[C@H](C(=O)NCC(C)C)N(Cc1ccc(C)cc1)C(=O)CN(c1ccccc1Cl)S(C)(=O)=O. The molecule has 1 atom stereocenters. The molecule has 34 heavy (non-hydrogen) atoms. The molecule has 186 valence electrons. The first-order valence-corrected chi connectivity index (χ1v) is 13.5. The Balaban J connectivity index is 2.42. The van der Waals surface area contributed by atoms with Gasteiger partial charge in [0.2, 0.25) is 21.8 Å². The highest BCUT2D eigenvalue weighted by atomic mass is 35.5. The van der Waals surface area contributed by atoms with Crippen molar-refractivity contribution in [3.05, 3.63) is 64.7 Å². The van der Waals surface area contributed by atoms with E-state index in [1.165, 1.54) is 4.90 Å². The third-order valence-corrected chi connectivity index (χ3v) is 6.79. The summed E-state index contributed by atoms with van der Waals surface area (Å²) in [6.07, 6.45) is 1.41. The van der Waals surface area contributed by atoms with Gasteiger partial charge in [0.05, 0.1) is 17.0 Å². The van der Waals surface area contributed by atoms with Crippen LogP contribution in [0, 0.1) is 12.8 Å². The Morgan fingerprint density at radius 2 is 1.68 bits per heavy atom. The van der Waals surface area contributed by atoms with E-state index in [-0.39, 0.29) is 29.1 Å². The van der Waals surface area contributed by atoms with Crippen molar-refractivity contribution in [3.63, 3.8) is 0 Å². The third-order valence-electron chi connectivity index (χ3n) is 5.34. The number of anilines is 1. The van der Waals surface area contributed by atoms with Crippen molar-refractivity contribution < 1.29 is 18.0 Å². The quantitative estimate of drug-likeness (QED) is 0.498. The van der Waals surface area contributed by atoms with Gasteiger partial charge in [0, 0.05) is 13.1 Å². The highest BCUT2D eigenvalue weighted by Crippen LogP contribution is 2.27. The van der Waals surface area contributed by atoms with E-state index in [0.29, 0.717) is 13.0 Å². The minimum atomic E-state index is -3.82. The Morgan fingerprint density at radius 1 is 1.06 bits per heavy atom. The predicted octanol–water partition coefficient (Wildman–Crippen LogP) is 3.99. The molecule has 9 heteroatoms. The number of hydrogen-bond donors (Lipinski definition) is 1. The van der Waals surface area contributed by atoms with E-state index in [9.17, 15) is 18.0 Å². The number of halogens is 1. The number of benzene rings is 2. The highest BCUT2D eigenvalue weighted by molar-refractivity contribution is 7.92. The Hall–Kier alpha value is -2.58. The van der Waals surface area contributed by atoms with Crippen LogP contribution in [0.15, 0.2) is 48.5 Å². The van der Waals surface area contributed by atoms with Crippen molar-refractivity contribution in [1.29, 1.82) is 0 Å². The summed E-state index contributed by atoms with van der Waals surface area (Å²) in [5, 5.41) is 3.12. The normalized spacial score (nSPS) is 12.3. The van der Waals surface area contributed by atoms with Gasteiger partial charge >= 0.3 is 0 Å². The number of para-hydroxylation sites is 1. The molecular formula is C25H34ClN3O4S.